The first-order valence-electron chi connectivity index (χ1n) is 5.89. The average molecular weight is 334 g/mol. The van der Waals surface area contributed by atoms with Crippen LogP contribution in [0.1, 0.15) is 17.0 Å². The predicted molar refractivity (Wildman–Crippen MR) is 76.2 cm³/mol. The largest absolute Gasteiger partial charge is 0.392 e. The molecule has 2 rings (SSSR count). The van der Waals surface area contributed by atoms with Gasteiger partial charge >= 0.3 is 0 Å². The number of nitrogens with one attached hydrogen (secondary N) is 2. The lowest BCUT2D eigenvalue weighted by atomic mass is 10.2. The van der Waals surface area contributed by atoms with Crippen molar-refractivity contribution in [1.82, 2.24) is 10.2 Å². The standard InChI is InChI=1S/C12H13ClFN3O3S/c1-6-12(7(2)16-15-6)17-21(19,20)10-4-9(13)3-8(5-18)11(10)14/h3-4,17-18H,5H2,1-2H3,(H,15,16). The molecule has 0 atom stereocenters. The number of H-pyrrole nitrogens is 1. The minimum atomic E-state index is -4.19. The number of aryl methyl sites for hydroxylation is 2. The summed E-state index contributed by atoms with van der Waals surface area (Å²) in [5, 5.41) is 15.5. The van der Waals surface area contributed by atoms with Gasteiger partial charge in [-0.15, -0.1) is 0 Å². The number of aromatic nitrogens is 2. The van der Waals surface area contributed by atoms with Gasteiger partial charge in [0.05, 0.1) is 23.7 Å². The molecule has 9 heteroatoms. The number of halogens is 2. The highest BCUT2D eigenvalue weighted by atomic mass is 35.5. The van der Waals surface area contributed by atoms with Crippen LogP contribution < -0.4 is 4.72 Å². The summed E-state index contributed by atoms with van der Waals surface area (Å²) in [7, 11) is -4.19. The van der Waals surface area contributed by atoms with Crippen molar-refractivity contribution in [1.29, 1.82) is 0 Å². The highest BCUT2D eigenvalue weighted by Gasteiger charge is 2.24. The maximum absolute atomic E-state index is 14.1. The van der Waals surface area contributed by atoms with Crippen molar-refractivity contribution in [3.63, 3.8) is 0 Å². The van der Waals surface area contributed by atoms with Crippen molar-refractivity contribution in [3.8, 4) is 0 Å². The number of aromatic amines is 1. The first-order chi connectivity index (χ1) is 9.76. The van der Waals surface area contributed by atoms with Crippen molar-refractivity contribution in [2.45, 2.75) is 25.3 Å². The van der Waals surface area contributed by atoms with Crippen LogP contribution >= 0.6 is 11.6 Å². The molecule has 0 aliphatic rings. The monoisotopic (exact) mass is 333 g/mol. The van der Waals surface area contributed by atoms with E-state index in [1.54, 1.807) is 13.8 Å². The van der Waals surface area contributed by atoms with Gasteiger partial charge in [0.2, 0.25) is 0 Å². The molecule has 0 amide bonds. The smallest absolute Gasteiger partial charge is 0.265 e. The lowest BCUT2D eigenvalue weighted by Gasteiger charge is -2.11. The van der Waals surface area contributed by atoms with E-state index in [2.05, 4.69) is 14.9 Å². The van der Waals surface area contributed by atoms with E-state index in [0.717, 1.165) is 6.07 Å². The quantitative estimate of drug-likeness (QED) is 0.798. The van der Waals surface area contributed by atoms with Crippen LogP contribution in [0.2, 0.25) is 5.02 Å². The Morgan fingerprint density at radius 3 is 2.62 bits per heavy atom. The molecule has 0 bridgehead atoms. The highest BCUT2D eigenvalue weighted by molar-refractivity contribution is 7.92. The van der Waals surface area contributed by atoms with E-state index in [-0.39, 0.29) is 16.3 Å². The number of rotatable bonds is 4. The Kier molecular flexibility index (Phi) is 4.22. The Balaban J connectivity index is 2.53. The third-order valence-electron chi connectivity index (χ3n) is 2.90. The maximum atomic E-state index is 14.1. The molecule has 0 spiro atoms. The molecule has 114 valence electrons. The van der Waals surface area contributed by atoms with Gasteiger partial charge in [-0.2, -0.15) is 5.10 Å². The number of aliphatic hydroxyl groups excluding tert-OH is 1. The summed E-state index contributed by atoms with van der Waals surface area (Å²) in [6.07, 6.45) is 0. The van der Waals surface area contributed by atoms with Crippen LogP contribution in [-0.2, 0) is 16.6 Å². The molecule has 6 nitrogen and oxygen atoms in total. The number of hydrogen-bond donors (Lipinski definition) is 3. The van der Waals surface area contributed by atoms with E-state index in [1.807, 2.05) is 0 Å². The topological polar surface area (TPSA) is 95.1 Å². The van der Waals surface area contributed by atoms with E-state index < -0.39 is 27.3 Å². The van der Waals surface area contributed by atoms with Crippen molar-refractivity contribution in [2.75, 3.05) is 4.72 Å². The number of aliphatic hydroxyl groups is 1. The van der Waals surface area contributed by atoms with Gasteiger partial charge in [-0.3, -0.25) is 9.82 Å². The van der Waals surface area contributed by atoms with Gasteiger partial charge in [0.25, 0.3) is 10.0 Å². The molecule has 0 saturated heterocycles. The molecule has 2 aromatic rings. The minimum absolute atomic E-state index is 0.0152. The maximum Gasteiger partial charge on any atom is 0.265 e. The summed E-state index contributed by atoms with van der Waals surface area (Å²) in [5.74, 6) is -1.03. The van der Waals surface area contributed by atoms with Crippen LogP contribution in [0, 0.1) is 19.7 Å². The Bertz CT molecular complexity index is 770. The summed E-state index contributed by atoms with van der Waals surface area (Å²) >= 11 is 5.76. The fourth-order valence-electron chi connectivity index (χ4n) is 1.82. The molecule has 0 fully saturated rings. The molecule has 0 radical (unpaired) electrons. The van der Waals surface area contributed by atoms with Gasteiger partial charge in [0, 0.05) is 10.6 Å². The van der Waals surface area contributed by atoms with Crippen LogP contribution in [-0.4, -0.2) is 23.7 Å². The first-order valence-corrected chi connectivity index (χ1v) is 7.75. The minimum Gasteiger partial charge on any atom is -0.392 e. The summed E-state index contributed by atoms with van der Waals surface area (Å²) in [4.78, 5) is -0.626. The van der Waals surface area contributed by atoms with Crippen molar-refractivity contribution >= 4 is 27.3 Å². The number of hydrogen-bond acceptors (Lipinski definition) is 4. The van der Waals surface area contributed by atoms with Gasteiger partial charge in [-0.25, -0.2) is 12.8 Å². The molecule has 0 aliphatic carbocycles. The molecule has 0 aliphatic heterocycles. The van der Waals surface area contributed by atoms with Gasteiger partial charge in [0.15, 0.2) is 0 Å². The van der Waals surface area contributed by atoms with Crippen LogP contribution in [0.3, 0.4) is 0 Å². The Morgan fingerprint density at radius 2 is 2.10 bits per heavy atom. The summed E-state index contributed by atoms with van der Waals surface area (Å²) in [6, 6.07) is 2.16. The van der Waals surface area contributed by atoms with Gasteiger partial charge in [-0.05, 0) is 26.0 Å². The van der Waals surface area contributed by atoms with E-state index >= 15 is 0 Å². The molecule has 1 heterocycles. The van der Waals surface area contributed by atoms with Crippen molar-refractivity contribution < 1.29 is 17.9 Å². The van der Waals surface area contributed by atoms with E-state index in [0.29, 0.717) is 11.4 Å². The first kappa shape index (κ1) is 15.7. The SMILES string of the molecule is Cc1n[nH]c(C)c1NS(=O)(=O)c1cc(Cl)cc(CO)c1F. The van der Waals surface area contributed by atoms with E-state index in [9.17, 15) is 12.8 Å². The fourth-order valence-corrected chi connectivity index (χ4v) is 3.45. The molecular weight excluding hydrogens is 321 g/mol. The van der Waals surface area contributed by atoms with Crippen LogP contribution in [0.5, 0.6) is 0 Å². The van der Waals surface area contributed by atoms with Crippen molar-refractivity contribution in [3.05, 3.63) is 39.9 Å². The summed E-state index contributed by atoms with van der Waals surface area (Å²) < 4.78 is 41.0. The van der Waals surface area contributed by atoms with Crippen LogP contribution in [0.25, 0.3) is 0 Å². The molecule has 3 N–H and O–H groups in total. The zero-order valence-electron chi connectivity index (χ0n) is 11.2. The number of anilines is 1. The van der Waals surface area contributed by atoms with Crippen LogP contribution in [0.4, 0.5) is 10.1 Å². The zero-order valence-corrected chi connectivity index (χ0v) is 12.8. The lowest BCUT2D eigenvalue weighted by Crippen LogP contribution is -2.16. The molecule has 21 heavy (non-hydrogen) atoms. The van der Waals surface area contributed by atoms with Crippen LogP contribution in [0.15, 0.2) is 17.0 Å². The highest BCUT2D eigenvalue weighted by Crippen LogP contribution is 2.27. The number of benzene rings is 1. The average Bonchev–Trinajstić information content (AvgIpc) is 2.72. The van der Waals surface area contributed by atoms with E-state index in [4.69, 9.17) is 16.7 Å². The fraction of sp³-hybridized carbons (Fsp3) is 0.250. The van der Waals surface area contributed by atoms with Gasteiger partial charge in [0.1, 0.15) is 10.7 Å². The third kappa shape index (κ3) is 3.02. The second kappa shape index (κ2) is 5.63. The Labute approximate surface area is 126 Å². The number of nitrogens with zero attached hydrogens (tertiary/aromatic N) is 1. The third-order valence-corrected chi connectivity index (χ3v) is 4.47. The van der Waals surface area contributed by atoms with E-state index in [1.165, 1.54) is 6.07 Å². The Morgan fingerprint density at radius 1 is 1.43 bits per heavy atom. The Hall–Kier alpha value is -1.64. The lowest BCUT2D eigenvalue weighted by molar-refractivity contribution is 0.274. The van der Waals surface area contributed by atoms with Gasteiger partial charge < -0.3 is 5.11 Å². The molecule has 1 aromatic heterocycles. The molecule has 0 saturated carbocycles. The normalized spacial score (nSPS) is 11.7. The van der Waals surface area contributed by atoms with Crippen molar-refractivity contribution in [2.24, 2.45) is 0 Å². The molecular formula is C12H13ClFN3O3S. The summed E-state index contributed by atoms with van der Waals surface area (Å²) in [5.41, 5.74) is 0.991. The predicted octanol–water partition coefficient (Wildman–Crippen LogP) is 2.11. The second-order valence-corrected chi connectivity index (χ2v) is 6.54. The summed E-state index contributed by atoms with van der Waals surface area (Å²) in [6.45, 7) is 2.58. The second-order valence-electron chi connectivity index (χ2n) is 4.45. The van der Waals surface area contributed by atoms with Gasteiger partial charge in [-0.1, -0.05) is 11.6 Å². The molecule has 0 unspecified atom stereocenters. The molecule has 1 aromatic carbocycles. The zero-order chi connectivity index (χ0) is 15.8. The number of sulfonamides is 1.